The highest BCUT2D eigenvalue weighted by atomic mass is 16.5. The van der Waals surface area contributed by atoms with E-state index in [1.165, 1.54) is 0 Å². The van der Waals surface area contributed by atoms with Gasteiger partial charge in [0.05, 0.1) is 13.2 Å². The molecule has 1 atom stereocenters. The molecule has 0 saturated heterocycles. The van der Waals surface area contributed by atoms with Gasteiger partial charge in [0.1, 0.15) is 18.1 Å². The molecule has 2 aromatic carbocycles. The Morgan fingerprint density at radius 1 is 1.11 bits per heavy atom. The summed E-state index contributed by atoms with van der Waals surface area (Å²) in [5, 5.41) is 9.74. The van der Waals surface area contributed by atoms with Crippen molar-refractivity contribution in [1.29, 1.82) is 0 Å². The van der Waals surface area contributed by atoms with E-state index in [0.717, 1.165) is 11.1 Å². The molecule has 0 fully saturated rings. The summed E-state index contributed by atoms with van der Waals surface area (Å²) in [6.07, 6.45) is -0.573. The number of methoxy groups -OCH3 is 1. The van der Waals surface area contributed by atoms with E-state index in [9.17, 15) is 5.11 Å². The summed E-state index contributed by atoms with van der Waals surface area (Å²) >= 11 is 0. The fraction of sp³-hybridized carbons (Fsp3) is 0.250. The number of benzene rings is 2. The van der Waals surface area contributed by atoms with Crippen molar-refractivity contribution in [2.45, 2.75) is 19.6 Å². The first kappa shape index (κ1) is 13.4. The summed E-state index contributed by atoms with van der Waals surface area (Å²) in [5.74, 6) is 1.37. The van der Waals surface area contributed by atoms with Crippen LogP contribution in [0, 0.1) is 0 Å². The van der Waals surface area contributed by atoms with Crippen LogP contribution < -0.4 is 9.47 Å². The van der Waals surface area contributed by atoms with Gasteiger partial charge in [-0.3, -0.25) is 0 Å². The van der Waals surface area contributed by atoms with Crippen molar-refractivity contribution >= 4 is 0 Å². The minimum atomic E-state index is -0.573. The van der Waals surface area contributed by atoms with Crippen LogP contribution in [-0.2, 0) is 6.61 Å². The first-order chi connectivity index (χ1) is 9.20. The van der Waals surface area contributed by atoms with Crippen LogP contribution in [0.3, 0.4) is 0 Å². The zero-order valence-electron chi connectivity index (χ0n) is 11.2. The van der Waals surface area contributed by atoms with E-state index in [2.05, 4.69) is 0 Å². The van der Waals surface area contributed by atoms with Gasteiger partial charge in [-0.2, -0.15) is 0 Å². The Hall–Kier alpha value is -2.00. The van der Waals surface area contributed by atoms with Crippen molar-refractivity contribution in [3.05, 3.63) is 59.7 Å². The molecule has 0 amide bonds. The van der Waals surface area contributed by atoms with E-state index in [1.807, 2.05) is 42.5 Å². The number of hydrogen-bond acceptors (Lipinski definition) is 3. The molecule has 3 nitrogen and oxygen atoms in total. The fourth-order valence-electron chi connectivity index (χ4n) is 1.85. The zero-order chi connectivity index (χ0) is 13.7. The van der Waals surface area contributed by atoms with Crippen LogP contribution >= 0.6 is 0 Å². The van der Waals surface area contributed by atoms with Gasteiger partial charge >= 0.3 is 0 Å². The van der Waals surface area contributed by atoms with Gasteiger partial charge < -0.3 is 14.6 Å². The lowest BCUT2D eigenvalue weighted by molar-refractivity contribution is 0.190. The van der Waals surface area contributed by atoms with E-state index in [4.69, 9.17) is 9.47 Å². The fourth-order valence-corrected chi connectivity index (χ4v) is 1.85. The molecule has 2 rings (SSSR count). The van der Waals surface area contributed by atoms with Gasteiger partial charge in [-0.25, -0.2) is 0 Å². The molecule has 0 saturated carbocycles. The van der Waals surface area contributed by atoms with Crippen molar-refractivity contribution in [2.75, 3.05) is 7.11 Å². The van der Waals surface area contributed by atoms with Crippen molar-refractivity contribution in [3.63, 3.8) is 0 Å². The van der Waals surface area contributed by atoms with E-state index >= 15 is 0 Å². The first-order valence-electron chi connectivity index (χ1n) is 6.23. The lowest BCUT2D eigenvalue weighted by Crippen LogP contribution is -2.01. The molecular formula is C16H18O3. The third-order valence-corrected chi connectivity index (χ3v) is 2.91. The van der Waals surface area contributed by atoms with E-state index in [0.29, 0.717) is 18.1 Å². The standard InChI is InChI=1S/C16H18O3/c1-12(17)15-9-8-14(18-2)10-16(15)19-11-13-6-4-3-5-7-13/h3-10,12,17H,11H2,1-2H3/t12-/m1/s1. The highest BCUT2D eigenvalue weighted by Gasteiger charge is 2.10. The summed E-state index contributed by atoms with van der Waals surface area (Å²) in [6.45, 7) is 2.19. The Kier molecular flexibility index (Phi) is 4.42. The minimum absolute atomic E-state index is 0.466. The van der Waals surface area contributed by atoms with Gasteiger partial charge in [-0.05, 0) is 24.6 Å². The topological polar surface area (TPSA) is 38.7 Å². The van der Waals surface area contributed by atoms with Gasteiger partial charge in [0.25, 0.3) is 0 Å². The maximum absolute atomic E-state index is 9.74. The largest absolute Gasteiger partial charge is 0.497 e. The maximum Gasteiger partial charge on any atom is 0.129 e. The molecular weight excluding hydrogens is 240 g/mol. The maximum atomic E-state index is 9.74. The van der Waals surface area contributed by atoms with E-state index in [-0.39, 0.29) is 0 Å². The molecule has 0 radical (unpaired) electrons. The number of aliphatic hydroxyl groups is 1. The molecule has 2 aromatic rings. The molecule has 3 heteroatoms. The van der Waals surface area contributed by atoms with Crippen molar-refractivity contribution in [1.82, 2.24) is 0 Å². The minimum Gasteiger partial charge on any atom is -0.497 e. The quantitative estimate of drug-likeness (QED) is 0.894. The average Bonchev–Trinajstić information content (AvgIpc) is 2.45. The Bertz CT molecular complexity index is 521. The normalized spacial score (nSPS) is 11.9. The second-order valence-electron chi connectivity index (χ2n) is 4.35. The molecule has 0 unspecified atom stereocenters. The molecule has 19 heavy (non-hydrogen) atoms. The molecule has 0 bridgehead atoms. The predicted molar refractivity (Wildman–Crippen MR) is 74.4 cm³/mol. The highest BCUT2D eigenvalue weighted by Crippen LogP contribution is 2.30. The van der Waals surface area contributed by atoms with Gasteiger partial charge in [0.15, 0.2) is 0 Å². The number of hydrogen-bond donors (Lipinski definition) is 1. The molecule has 0 aliphatic rings. The van der Waals surface area contributed by atoms with Crippen LogP contribution in [0.5, 0.6) is 11.5 Å². The molecule has 1 N–H and O–H groups in total. The summed E-state index contributed by atoms with van der Waals surface area (Å²) in [7, 11) is 1.61. The Morgan fingerprint density at radius 2 is 1.84 bits per heavy atom. The zero-order valence-corrected chi connectivity index (χ0v) is 11.2. The number of ether oxygens (including phenoxy) is 2. The van der Waals surface area contributed by atoms with Crippen molar-refractivity contribution in [2.24, 2.45) is 0 Å². The lowest BCUT2D eigenvalue weighted by Gasteiger charge is -2.14. The van der Waals surface area contributed by atoms with Crippen LogP contribution in [0.1, 0.15) is 24.2 Å². The Balaban J connectivity index is 2.18. The van der Waals surface area contributed by atoms with Crippen LogP contribution in [-0.4, -0.2) is 12.2 Å². The number of aliphatic hydroxyl groups excluding tert-OH is 1. The summed E-state index contributed by atoms with van der Waals surface area (Å²) in [5.41, 5.74) is 1.85. The molecule has 100 valence electrons. The Labute approximate surface area is 113 Å². The van der Waals surface area contributed by atoms with Gasteiger partial charge in [0.2, 0.25) is 0 Å². The Morgan fingerprint density at radius 3 is 2.47 bits per heavy atom. The summed E-state index contributed by atoms with van der Waals surface area (Å²) in [6, 6.07) is 15.4. The molecule has 0 heterocycles. The van der Waals surface area contributed by atoms with Gasteiger partial charge in [-0.1, -0.05) is 30.3 Å². The average molecular weight is 258 g/mol. The summed E-state index contributed by atoms with van der Waals surface area (Å²) in [4.78, 5) is 0. The second kappa shape index (κ2) is 6.25. The second-order valence-corrected chi connectivity index (χ2v) is 4.35. The smallest absolute Gasteiger partial charge is 0.129 e. The first-order valence-corrected chi connectivity index (χ1v) is 6.23. The SMILES string of the molecule is COc1ccc([C@@H](C)O)c(OCc2ccccc2)c1. The number of rotatable bonds is 5. The molecule has 0 aliphatic carbocycles. The summed E-state index contributed by atoms with van der Waals surface area (Å²) < 4.78 is 11.0. The van der Waals surface area contributed by atoms with Crippen LogP contribution in [0.15, 0.2) is 48.5 Å². The van der Waals surface area contributed by atoms with Crippen molar-refractivity contribution < 1.29 is 14.6 Å². The van der Waals surface area contributed by atoms with Crippen LogP contribution in [0.25, 0.3) is 0 Å². The highest BCUT2D eigenvalue weighted by molar-refractivity contribution is 5.42. The molecule has 0 aliphatic heterocycles. The van der Waals surface area contributed by atoms with Crippen LogP contribution in [0.2, 0.25) is 0 Å². The monoisotopic (exact) mass is 258 g/mol. The van der Waals surface area contributed by atoms with Gasteiger partial charge in [-0.15, -0.1) is 0 Å². The molecule has 0 spiro atoms. The van der Waals surface area contributed by atoms with E-state index < -0.39 is 6.10 Å². The van der Waals surface area contributed by atoms with E-state index in [1.54, 1.807) is 20.1 Å². The van der Waals surface area contributed by atoms with Crippen LogP contribution in [0.4, 0.5) is 0 Å². The van der Waals surface area contributed by atoms with Gasteiger partial charge in [0, 0.05) is 11.6 Å². The molecule has 0 aromatic heterocycles. The van der Waals surface area contributed by atoms with Crippen molar-refractivity contribution in [3.8, 4) is 11.5 Å². The third kappa shape index (κ3) is 3.48. The lowest BCUT2D eigenvalue weighted by atomic mass is 10.1. The predicted octanol–water partition coefficient (Wildman–Crippen LogP) is 3.33. The third-order valence-electron chi connectivity index (χ3n) is 2.91.